The Balaban J connectivity index is 2.54. The van der Waals surface area contributed by atoms with Crippen LogP contribution in [0.15, 0.2) is 0 Å². The number of hydrogen-bond acceptors (Lipinski definition) is 5. The van der Waals surface area contributed by atoms with Crippen molar-refractivity contribution in [2.24, 2.45) is 5.41 Å². The zero-order valence-corrected chi connectivity index (χ0v) is 10.7. The Labute approximate surface area is 96.2 Å². The van der Waals surface area contributed by atoms with E-state index in [-0.39, 0.29) is 12.1 Å². The standard InChI is InChI=1S/C10H18O5S/c1-10(9(11)14-2)6-4-8(5-7-10)15-16(3,12)13/h8H,4-7H2,1-3H3. The molecule has 1 saturated carbocycles. The SMILES string of the molecule is COC(=O)C1(C)CCC(OS(C)(=O)=O)CC1. The van der Waals surface area contributed by atoms with Crippen LogP contribution in [0.25, 0.3) is 0 Å². The zero-order chi connectivity index (χ0) is 12.4. The molecule has 1 fully saturated rings. The summed E-state index contributed by atoms with van der Waals surface area (Å²) < 4.78 is 31.5. The van der Waals surface area contributed by atoms with E-state index in [0.29, 0.717) is 25.7 Å². The summed E-state index contributed by atoms with van der Waals surface area (Å²) in [6.45, 7) is 1.84. The molecule has 0 saturated heterocycles. The average Bonchev–Trinajstić information content (AvgIpc) is 2.18. The van der Waals surface area contributed by atoms with Crippen LogP contribution in [0.3, 0.4) is 0 Å². The highest BCUT2D eigenvalue weighted by atomic mass is 32.2. The van der Waals surface area contributed by atoms with Gasteiger partial charge in [-0.3, -0.25) is 8.98 Å². The van der Waals surface area contributed by atoms with E-state index in [0.717, 1.165) is 6.26 Å². The third kappa shape index (κ3) is 3.45. The minimum absolute atomic E-state index is 0.231. The Kier molecular flexibility index (Phi) is 3.96. The monoisotopic (exact) mass is 250 g/mol. The van der Waals surface area contributed by atoms with Gasteiger partial charge in [-0.25, -0.2) is 0 Å². The van der Waals surface area contributed by atoms with Gasteiger partial charge in [0, 0.05) is 0 Å². The lowest BCUT2D eigenvalue weighted by molar-refractivity contribution is -0.154. The fraction of sp³-hybridized carbons (Fsp3) is 0.900. The van der Waals surface area contributed by atoms with Crippen molar-refractivity contribution in [2.45, 2.75) is 38.7 Å². The van der Waals surface area contributed by atoms with E-state index >= 15 is 0 Å². The summed E-state index contributed by atoms with van der Waals surface area (Å²) in [6.07, 6.45) is 3.07. The first kappa shape index (κ1) is 13.4. The van der Waals surface area contributed by atoms with Gasteiger partial charge in [0.2, 0.25) is 0 Å². The third-order valence-corrected chi connectivity index (χ3v) is 3.65. The first-order chi connectivity index (χ1) is 7.27. The van der Waals surface area contributed by atoms with Crippen molar-refractivity contribution in [1.82, 2.24) is 0 Å². The smallest absolute Gasteiger partial charge is 0.311 e. The Hall–Kier alpha value is -0.620. The van der Waals surface area contributed by atoms with Gasteiger partial charge >= 0.3 is 5.97 Å². The van der Waals surface area contributed by atoms with Crippen LogP contribution >= 0.6 is 0 Å². The van der Waals surface area contributed by atoms with Crippen LogP contribution in [-0.2, 0) is 23.8 Å². The van der Waals surface area contributed by atoms with Gasteiger partial charge in [-0.05, 0) is 32.6 Å². The largest absolute Gasteiger partial charge is 0.469 e. The molecule has 0 N–H and O–H groups in total. The van der Waals surface area contributed by atoms with Gasteiger partial charge in [0.05, 0.1) is 24.9 Å². The van der Waals surface area contributed by atoms with Crippen LogP contribution in [0, 0.1) is 5.41 Å². The first-order valence-electron chi connectivity index (χ1n) is 5.23. The second-order valence-electron chi connectivity index (χ2n) is 4.55. The highest BCUT2D eigenvalue weighted by Crippen LogP contribution is 2.38. The minimum Gasteiger partial charge on any atom is -0.469 e. The lowest BCUT2D eigenvalue weighted by Crippen LogP contribution is -2.36. The van der Waals surface area contributed by atoms with E-state index in [4.69, 9.17) is 8.92 Å². The molecule has 1 aliphatic rings. The molecule has 0 atom stereocenters. The summed E-state index contributed by atoms with van der Waals surface area (Å²) in [5.41, 5.74) is -0.494. The van der Waals surface area contributed by atoms with Gasteiger partial charge in [0.15, 0.2) is 0 Å². The Morgan fingerprint density at radius 2 is 1.81 bits per heavy atom. The van der Waals surface area contributed by atoms with Crippen molar-refractivity contribution < 1.29 is 22.1 Å². The lowest BCUT2D eigenvalue weighted by atomic mass is 9.75. The van der Waals surface area contributed by atoms with Crippen molar-refractivity contribution in [3.8, 4) is 0 Å². The topological polar surface area (TPSA) is 69.7 Å². The van der Waals surface area contributed by atoms with Gasteiger partial charge in [-0.1, -0.05) is 0 Å². The zero-order valence-electron chi connectivity index (χ0n) is 9.86. The summed E-state index contributed by atoms with van der Waals surface area (Å²) in [4.78, 5) is 11.5. The highest BCUT2D eigenvalue weighted by molar-refractivity contribution is 7.86. The van der Waals surface area contributed by atoms with Crippen LogP contribution in [-0.4, -0.2) is 33.9 Å². The molecule has 0 aliphatic heterocycles. The molecule has 1 rings (SSSR count). The molecule has 0 aromatic heterocycles. The summed E-state index contributed by atoms with van der Waals surface area (Å²) >= 11 is 0. The van der Waals surface area contributed by atoms with Crippen LogP contribution in [0.5, 0.6) is 0 Å². The Bertz CT molecular complexity index is 351. The van der Waals surface area contributed by atoms with Crippen molar-refractivity contribution in [3.05, 3.63) is 0 Å². The van der Waals surface area contributed by atoms with E-state index in [2.05, 4.69) is 0 Å². The van der Waals surface area contributed by atoms with Crippen LogP contribution in [0.2, 0.25) is 0 Å². The number of hydrogen-bond donors (Lipinski definition) is 0. The van der Waals surface area contributed by atoms with Gasteiger partial charge in [-0.15, -0.1) is 0 Å². The van der Waals surface area contributed by atoms with E-state index in [9.17, 15) is 13.2 Å². The predicted octanol–water partition coefficient (Wildman–Crippen LogP) is 1.08. The van der Waals surface area contributed by atoms with E-state index < -0.39 is 15.5 Å². The molecule has 0 aromatic carbocycles. The molecule has 5 nitrogen and oxygen atoms in total. The fourth-order valence-electron chi connectivity index (χ4n) is 2.02. The molecule has 0 amide bonds. The molecular weight excluding hydrogens is 232 g/mol. The van der Waals surface area contributed by atoms with E-state index in [1.165, 1.54) is 7.11 Å². The molecule has 0 spiro atoms. The van der Waals surface area contributed by atoms with Crippen molar-refractivity contribution in [1.29, 1.82) is 0 Å². The maximum atomic E-state index is 11.5. The quantitative estimate of drug-likeness (QED) is 0.554. The van der Waals surface area contributed by atoms with Crippen LogP contribution < -0.4 is 0 Å². The Morgan fingerprint density at radius 3 is 2.19 bits per heavy atom. The second-order valence-corrected chi connectivity index (χ2v) is 6.15. The first-order valence-corrected chi connectivity index (χ1v) is 7.05. The average molecular weight is 250 g/mol. The molecule has 16 heavy (non-hydrogen) atoms. The van der Waals surface area contributed by atoms with Gasteiger partial charge < -0.3 is 4.74 Å². The number of carbonyl (C=O) groups excluding carboxylic acids is 1. The molecule has 6 heteroatoms. The van der Waals surface area contributed by atoms with Crippen molar-refractivity contribution >= 4 is 16.1 Å². The molecule has 94 valence electrons. The summed E-state index contributed by atoms with van der Waals surface area (Å²) in [7, 11) is -2.04. The van der Waals surface area contributed by atoms with Crippen LogP contribution in [0.1, 0.15) is 32.6 Å². The van der Waals surface area contributed by atoms with Gasteiger partial charge in [0.25, 0.3) is 10.1 Å². The molecule has 0 aromatic rings. The Morgan fingerprint density at radius 1 is 1.31 bits per heavy atom. The van der Waals surface area contributed by atoms with Gasteiger partial charge in [-0.2, -0.15) is 8.42 Å². The molecular formula is C10H18O5S. The molecule has 1 aliphatic carbocycles. The van der Waals surface area contributed by atoms with E-state index in [1.54, 1.807) is 0 Å². The predicted molar refractivity (Wildman–Crippen MR) is 58.3 cm³/mol. The maximum absolute atomic E-state index is 11.5. The molecule has 0 bridgehead atoms. The summed E-state index contributed by atoms with van der Waals surface area (Å²) in [5.74, 6) is -0.231. The van der Waals surface area contributed by atoms with Crippen molar-refractivity contribution in [3.63, 3.8) is 0 Å². The number of methoxy groups -OCH3 is 1. The normalized spacial score (nSPS) is 31.1. The number of ether oxygens (including phenoxy) is 1. The third-order valence-electron chi connectivity index (χ3n) is 3.03. The molecule has 0 unspecified atom stereocenters. The number of carbonyl (C=O) groups is 1. The van der Waals surface area contributed by atoms with Crippen molar-refractivity contribution in [2.75, 3.05) is 13.4 Å². The second kappa shape index (κ2) is 4.71. The fourth-order valence-corrected chi connectivity index (χ4v) is 2.71. The highest BCUT2D eigenvalue weighted by Gasteiger charge is 2.39. The number of rotatable bonds is 3. The minimum atomic E-state index is -3.40. The van der Waals surface area contributed by atoms with E-state index in [1.807, 2.05) is 6.92 Å². The maximum Gasteiger partial charge on any atom is 0.311 e. The molecule has 0 heterocycles. The summed E-state index contributed by atoms with van der Waals surface area (Å²) in [6, 6.07) is 0. The van der Waals surface area contributed by atoms with Gasteiger partial charge in [0.1, 0.15) is 0 Å². The van der Waals surface area contributed by atoms with Crippen LogP contribution in [0.4, 0.5) is 0 Å². The lowest BCUT2D eigenvalue weighted by Gasteiger charge is -2.34. The molecule has 0 radical (unpaired) electrons. The summed E-state index contributed by atoms with van der Waals surface area (Å²) in [5, 5.41) is 0. The number of esters is 1.